The van der Waals surface area contributed by atoms with Crippen molar-refractivity contribution in [1.29, 1.82) is 0 Å². The van der Waals surface area contributed by atoms with E-state index in [9.17, 15) is 22.8 Å². The average molecular weight is 482 g/mol. The van der Waals surface area contributed by atoms with E-state index in [0.717, 1.165) is 16.7 Å². The minimum absolute atomic E-state index is 0.0462. The van der Waals surface area contributed by atoms with Crippen molar-refractivity contribution in [1.82, 2.24) is 24.6 Å². The minimum Gasteiger partial charge on any atom is -0.399 e. The number of carbonyl (C=O) groups is 1. The van der Waals surface area contributed by atoms with Gasteiger partial charge in [0, 0.05) is 17.9 Å². The van der Waals surface area contributed by atoms with Crippen molar-refractivity contribution < 1.29 is 18.0 Å². The van der Waals surface area contributed by atoms with Gasteiger partial charge >= 0.3 is 6.18 Å². The summed E-state index contributed by atoms with van der Waals surface area (Å²) in [5.41, 5.74) is 5.57. The maximum Gasteiger partial charge on any atom is 0.416 e. The topological polar surface area (TPSA) is 108 Å². The van der Waals surface area contributed by atoms with Crippen LogP contribution in [0.2, 0.25) is 0 Å². The minimum atomic E-state index is -4.61. The SMILES string of the molecule is CCNC(=O)c1nc(-c2ccnn2-c2ccc(N)cc2)c(C)n(-c2cccc(C(F)(F)F)c2)c1=O. The summed E-state index contributed by atoms with van der Waals surface area (Å²) in [6, 6.07) is 12.8. The molecule has 4 aromatic rings. The van der Waals surface area contributed by atoms with Crippen molar-refractivity contribution in [2.75, 3.05) is 12.3 Å². The number of amides is 1. The lowest BCUT2D eigenvalue weighted by atomic mass is 10.1. The van der Waals surface area contributed by atoms with E-state index in [4.69, 9.17) is 5.73 Å². The second-order valence-corrected chi connectivity index (χ2v) is 7.66. The maximum atomic E-state index is 13.4. The van der Waals surface area contributed by atoms with Gasteiger partial charge in [0.1, 0.15) is 5.69 Å². The highest BCUT2D eigenvalue weighted by molar-refractivity contribution is 5.92. The van der Waals surface area contributed by atoms with Gasteiger partial charge in [-0.05, 0) is 62.4 Å². The molecule has 0 saturated heterocycles. The molecule has 0 radical (unpaired) electrons. The van der Waals surface area contributed by atoms with Gasteiger partial charge in [-0.2, -0.15) is 18.3 Å². The van der Waals surface area contributed by atoms with Crippen LogP contribution >= 0.6 is 0 Å². The average Bonchev–Trinajstić information content (AvgIpc) is 3.29. The molecule has 2 aromatic carbocycles. The monoisotopic (exact) mass is 482 g/mol. The van der Waals surface area contributed by atoms with E-state index in [2.05, 4.69) is 15.4 Å². The van der Waals surface area contributed by atoms with Crippen LogP contribution in [0.25, 0.3) is 22.8 Å². The number of aromatic nitrogens is 4. The number of nitrogens with zero attached hydrogens (tertiary/aromatic N) is 4. The molecular formula is C24H21F3N6O2. The summed E-state index contributed by atoms with van der Waals surface area (Å²) in [7, 11) is 0. The Hall–Kier alpha value is -4.41. The van der Waals surface area contributed by atoms with Crippen LogP contribution in [0.4, 0.5) is 18.9 Å². The molecule has 2 aromatic heterocycles. The lowest BCUT2D eigenvalue weighted by Gasteiger charge is -2.17. The summed E-state index contributed by atoms with van der Waals surface area (Å²) in [4.78, 5) is 30.3. The standard InChI is InChI=1S/C24H21F3N6O2/c1-3-29-22(34)21-23(35)32(18-6-4-5-15(13-18)24(25,26)27)14(2)20(31-21)19-11-12-30-33(19)17-9-7-16(28)8-10-17/h4-13H,3,28H2,1-2H3,(H,29,34). The molecule has 1 amide bonds. The molecule has 0 spiro atoms. The van der Waals surface area contributed by atoms with Crippen LogP contribution in [0.5, 0.6) is 0 Å². The Balaban J connectivity index is 2.00. The fourth-order valence-corrected chi connectivity index (χ4v) is 3.68. The number of nitrogens with one attached hydrogen (secondary N) is 1. The van der Waals surface area contributed by atoms with Crippen molar-refractivity contribution >= 4 is 11.6 Å². The number of anilines is 1. The highest BCUT2D eigenvalue weighted by Gasteiger charge is 2.31. The molecule has 0 aliphatic carbocycles. The first kappa shape index (κ1) is 23.7. The van der Waals surface area contributed by atoms with Crippen LogP contribution in [-0.4, -0.2) is 31.8 Å². The number of hydrogen-bond acceptors (Lipinski definition) is 5. The molecular weight excluding hydrogens is 461 g/mol. The van der Waals surface area contributed by atoms with Crippen LogP contribution in [0, 0.1) is 6.92 Å². The fourth-order valence-electron chi connectivity index (χ4n) is 3.68. The largest absolute Gasteiger partial charge is 0.416 e. The zero-order valence-electron chi connectivity index (χ0n) is 18.8. The van der Waals surface area contributed by atoms with Crippen LogP contribution < -0.4 is 16.6 Å². The third-order valence-corrected chi connectivity index (χ3v) is 5.31. The second kappa shape index (κ2) is 9.09. The van der Waals surface area contributed by atoms with E-state index in [-0.39, 0.29) is 23.6 Å². The summed E-state index contributed by atoms with van der Waals surface area (Å²) in [6.45, 7) is 3.45. The van der Waals surface area contributed by atoms with Gasteiger partial charge in [0.05, 0.1) is 28.8 Å². The number of nitrogen functional groups attached to an aromatic ring is 1. The van der Waals surface area contributed by atoms with Gasteiger partial charge in [-0.1, -0.05) is 6.07 Å². The van der Waals surface area contributed by atoms with Crippen molar-refractivity contribution in [3.05, 3.63) is 88.1 Å². The smallest absolute Gasteiger partial charge is 0.399 e. The fraction of sp³-hybridized carbons (Fsp3) is 0.167. The Morgan fingerprint density at radius 2 is 1.80 bits per heavy atom. The van der Waals surface area contributed by atoms with Gasteiger partial charge in [0.25, 0.3) is 11.5 Å². The number of hydrogen-bond donors (Lipinski definition) is 2. The molecule has 0 unspecified atom stereocenters. The predicted octanol–water partition coefficient (Wildman–Crippen LogP) is 3.74. The van der Waals surface area contributed by atoms with Gasteiger partial charge in [0.2, 0.25) is 0 Å². The van der Waals surface area contributed by atoms with Gasteiger partial charge in [-0.3, -0.25) is 14.2 Å². The molecule has 180 valence electrons. The van der Waals surface area contributed by atoms with Crippen molar-refractivity contribution in [2.45, 2.75) is 20.0 Å². The molecule has 0 aliphatic rings. The quantitative estimate of drug-likeness (QED) is 0.422. The van der Waals surface area contributed by atoms with Gasteiger partial charge in [-0.25, -0.2) is 9.67 Å². The lowest BCUT2D eigenvalue weighted by Crippen LogP contribution is -2.35. The highest BCUT2D eigenvalue weighted by atomic mass is 19.4. The van der Waals surface area contributed by atoms with Crippen molar-refractivity contribution in [2.24, 2.45) is 0 Å². The number of benzene rings is 2. The molecule has 0 saturated carbocycles. The van der Waals surface area contributed by atoms with Crippen molar-refractivity contribution in [3.8, 4) is 22.8 Å². The molecule has 0 aliphatic heterocycles. The number of carbonyl (C=O) groups excluding carboxylic acids is 1. The summed E-state index contributed by atoms with van der Waals surface area (Å²) in [6.07, 6.45) is -3.10. The molecule has 35 heavy (non-hydrogen) atoms. The van der Waals surface area contributed by atoms with E-state index in [0.29, 0.717) is 17.1 Å². The third-order valence-electron chi connectivity index (χ3n) is 5.31. The molecule has 11 heteroatoms. The highest BCUT2D eigenvalue weighted by Crippen LogP contribution is 2.31. The molecule has 0 atom stereocenters. The van der Waals surface area contributed by atoms with Crippen LogP contribution in [0.3, 0.4) is 0 Å². The first-order valence-corrected chi connectivity index (χ1v) is 10.6. The Morgan fingerprint density at radius 3 is 2.46 bits per heavy atom. The van der Waals surface area contributed by atoms with E-state index in [1.54, 1.807) is 44.2 Å². The van der Waals surface area contributed by atoms with Gasteiger partial charge in [0.15, 0.2) is 5.69 Å². The second-order valence-electron chi connectivity index (χ2n) is 7.66. The number of nitrogens with two attached hydrogens (primary N) is 1. The summed E-state index contributed by atoms with van der Waals surface area (Å²) in [5.74, 6) is -0.738. The zero-order chi connectivity index (χ0) is 25.3. The lowest BCUT2D eigenvalue weighted by molar-refractivity contribution is -0.137. The van der Waals surface area contributed by atoms with Crippen LogP contribution in [-0.2, 0) is 6.18 Å². The van der Waals surface area contributed by atoms with Gasteiger partial charge < -0.3 is 11.1 Å². The number of alkyl halides is 3. The molecule has 0 fully saturated rings. The Morgan fingerprint density at radius 1 is 1.09 bits per heavy atom. The predicted molar refractivity (Wildman–Crippen MR) is 125 cm³/mol. The molecule has 0 bridgehead atoms. The first-order valence-electron chi connectivity index (χ1n) is 10.6. The summed E-state index contributed by atoms with van der Waals surface area (Å²) < 4.78 is 42.7. The maximum absolute atomic E-state index is 13.4. The van der Waals surface area contributed by atoms with Crippen LogP contribution in [0.15, 0.2) is 65.6 Å². The third kappa shape index (κ3) is 4.52. The summed E-state index contributed by atoms with van der Waals surface area (Å²) >= 11 is 0. The normalized spacial score (nSPS) is 11.5. The van der Waals surface area contributed by atoms with Crippen LogP contribution in [0.1, 0.15) is 28.7 Å². The van der Waals surface area contributed by atoms with E-state index in [1.807, 2.05) is 0 Å². The Kier molecular flexibility index (Phi) is 6.16. The molecule has 4 rings (SSSR count). The number of halogens is 3. The van der Waals surface area contributed by atoms with Gasteiger partial charge in [-0.15, -0.1) is 0 Å². The van der Waals surface area contributed by atoms with E-state index >= 15 is 0 Å². The molecule has 2 heterocycles. The van der Waals surface area contributed by atoms with Crippen molar-refractivity contribution in [3.63, 3.8) is 0 Å². The Bertz CT molecular complexity index is 1460. The molecule has 3 N–H and O–H groups in total. The Labute approximate surface area is 197 Å². The molecule has 8 nitrogen and oxygen atoms in total. The van der Waals surface area contributed by atoms with E-state index in [1.165, 1.54) is 23.0 Å². The first-order chi connectivity index (χ1) is 16.6. The summed E-state index contributed by atoms with van der Waals surface area (Å²) in [5, 5.41) is 6.85. The van der Waals surface area contributed by atoms with E-state index < -0.39 is 28.9 Å². The number of rotatable bonds is 5. The zero-order valence-corrected chi connectivity index (χ0v) is 18.8.